The molecule has 0 saturated carbocycles. The molecule has 3 aromatic carbocycles. The van der Waals surface area contributed by atoms with Gasteiger partial charge in [-0.25, -0.2) is 0 Å². The number of nitro groups is 1. The monoisotopic (exact) mass is 498 g/mol. The van der Waals surface area contributed by atoms with E-state index in [0.29, 0.717) is 11.3 Å². The van der Waals surface area contributed by atoms with Crippen molar-refractivity contribution in [2.45, 2.75) is 12.2 Å². The Morgan fingerprint density at radius 1 is 1.03 bits per heavy atom. The molecule has 1 heterocycles. The highest BCUT2D eigenvalue weighted by molar-refractivity contribution is 6.51. The molecule has 36 heavy (non-hydrogen) atoms. The molecule has 1 N–H and O–H groups in total. The Morgan fingerprint density at radius 3 is 2.22 bits per heavy atom. The van der Waals surface area contributed by atoms with E-state index in [0.717, 1.165) is 35.2 Å². The number of benzene rings is 3. The Hall–Kier alpha value is -4.67. The largest absolute Gasteiger partial charge is 0.507 e. The van der Waals surface area contributed by atoms with Crippen LogP contribution in [-0.4, -0.2) is 28.8 Å². The van der Waals surface area contributed by atoms with Gasteiger partial charge in [-0.2, -0.15) is 13.2 Å². The third-order valence-electron chi connectivity index (χ3n) is 5.68. The number of ether oxygens (including phenoxy) is 1. The maximum absolute atomic E-state index is 13.4. The molecule has 0 radical (unpaired) electrons. The lowest BCUT2D eigenvalue weighted by molar-refractivity contribution is -0.384. The molecular formula is C25H17F3N2O6. The van der Waals surface area contributed by atoms with Crippen molar-refractivity contribution in [2.24, 2.45) is 0 Å². The summed E-state index contributed by atoms with van der Waals surface area (Å²) in [7, 11) is 1.43. The molecule has 1 fully saturated rings. The molecule has 0 aromatic heterocycles. The van der Waals surface area contributed by atoms with E-state index < -0.39 is 40.2 Å². The molecule has 1 amide bonds. The Kier molecular flexibility index (Phi) is 6.23. The number of non-ortho nitro benzene ring substituents is 1. The third kappa shape index (κ3) is 4.38. The lowest BCUT2D eigenvalue weighted by atomic mass is 9.95. The SMILES string of the molecule is COc1ccc([C@@H]2C(=C(O)c3ccc([N+](=O)[O-])cc3)C(=O)C(=O)N2c2cccc(C(F)(F)F)c2)cc1. The summed E-state index contributed by atoms with van der Waals surface area (Å²) in [6.45, 7) is 0. The standard InChI is InChI=1S/C25H17F3N2O6/c1-36-19-11-7-14(8-12-19)21-20(22(31)15-5-9-17(10-6-15)30(34)35)23(32)24(33)29(21)18-4-2-3-16(13-18)25(26,27)28/h2-13,21,31H,1H3/t21-/m1/s1. The highest BCUT2D eigenvalue weighted by atomic mass is 19.4. The van der Waals surface area contributed by atoms with Crippen molar-refractivity contribution in [3.05, 3.63) is 105 Å². The quantitative estimate of drug-likeness (QED) is 0.169. The van der Waals surface area contributed by atoms with Gasteiger partial charge in [-0.3, -0.25) is 24.6 Å². The molecule has 1 aliphatic rings. The number of methoxy groups -OCH3 is 1. The number of ketones is 1. The van der Waals surface area contributed by atoms with Gasteiger partial charge in [-0.05, 0) is 48.0 Å². The Morgan fingerprint density at radius 2 is 1.67 bits per heavy atom. The lowest BCUT2D eigenvalue weighted by Gasteiger charge is -2.26. The minimum atomic E-state index is -4.70. The highest BCUT2D eigenvalue weighted by Crippen LogP contribution is 2.43. The number of halogens is 3. The van der Waals surface area contributed by atoms with E-state index in [1.54, 1.807) is 0 Å². The molecule has 0 bridgehead atoms. The van der Waals surface area contributed by atoms with Crippen LogP contribution in [0.3, 0.4) is 0 Å². The van der Waals surface area contributed by atoms with Gasteiger partial charge in [0.2, 0.25) is 0 Å². The number of hydrogen-bond donors (Lipinski definition) is 1. The average molecular weight is 498 g/mol. The van der Waals surface area contributed by atoms with Gasteiger partial charge in [0, 0.05) is 23.4 Å². The summed E-state index contributed by atoms with van der Waals surface area (Å²) in [6.07, 6.45) is -4.70. The summed E-state index contributed by atoms with van der Waals surface area (Å²) in [5.74, 6) is -2.44. The van der Waals surface area contributed by atoms with Crippen LogP contribution in [0.1, 0.15) is 22.7 Å². The van der Waals surface area contributed by atoms with Crippen LogP contribution in [0.5, 0.6) is 5.75 Å². The molecule has 4 rings (SSSR count). The maximum atomic E-state index is 13.4. The number of nitro benzene ring substituents is 1. The Bertz CT molecular complexity index is 1380. The van der Waals surface area contributed by atoms with Crippen LogP contribution >= 0.6 is 0 Å². The fourth-order valence-electron chi connectivity index (χ4n) is 3.93. The van der Waals surface area contributed by atoms with E-state index in [-0.39, 0.29) is 22.5 Å². The predicted molar refractivity (Wildman–Crippen MR) is 122 cm³/mol. The number of alkyl halides is 3. The van der Waals surface area contributed by atoms with Crippen LogP contribution in [0.15, 0.2) is 78.4 Å². The molecule has 184 valence electrons. The summed E-state index contributed by atoms with van der Waals surface area (Å²) in [5, 5.41) is 22.0. The minimum Gasteiger partial charge on any atom is -0.507 e. The molecule has 0 spiro atoms. The fraction of sp³-hybridized carbons (Fsp3) is 0.120. The van der Waals surface area contributed by atoms with Crippen molar-refractivity contribution in [2.75, 3.05) is 12.0 Å². The van der Waals surface area contributed by atoms with Gasteiger partial charge in [0.1, 0.15) is 11.5 Å². The van der Waals surface area contributed by atoms with Crippen molar-refractivity contribution in [3.63, 3.8) is 0 Å². The number of hydrogen-bond acceptors (Lipinski definition) is 6. The molecule has 11 heteroatoms. The summed E-state index contributed by atoms with van der Waals surface area (Å²) in [4.78, 5) is 37.4. The Balaban J connectivity index is 1.92. The van der Waals surface area contributed by atoms with Gasteiger partial charge in [-0.15, -0.1) is 0 Å². The van der Waals surface area contributed by atoms with E-state index in [9.17, 15) is 38.0 Å². The van der Waals surface area contributed by atoms with Gasteiger partial charge in [-0.1, -0.05) is 18.2 Å². The van der Waals surface area contributed by atoms with Gasteiger partial charge in [0.05, 0.1) is 29.2 Å². The third-order valence-corrected chi connectivity index (χ3v) is 5.68. The molecule has 0 unspecified atom stereocenters. The number of carbonyl (C=O) groups excluding carboxylic acids is 2. The van der Waals surface area contributed by atoms with Crippen molar-refractivity contribution in [3.8, 4) is 5.75 Å². The van der Waals surface area contributed by atoms with Crippen LogP contribution in [0.4, 0.5) is 24.5 Å². The van der Waals surface area contributed by atoms with Crippen molar-refractivity contribution in [1.82, 2.24) is 0 Å². The van der Waals surface area contributed by atoms with Crippen molar-refractivity contribution in [1.29, 1.82) is 0 Å². The molecule has 3 aromatic rings. The van der Waals surface area contributed by atoms with Crippen LogP contribution in [0.2, 0.25) is 0 Å². The van der Waals surface area contributed by atoms with Crippen LogP contribution in [0.25, 0.3) is 5.76 Å². The summed E-state index contributed by atoms with van der Waals surface area (Å²) >= 11 is 0. The summed E-state index contributed by atoms with van der Waals surface area (Å²) in [5.41, 5.74) is -1.53. The molecule has 1 aliphatic heterocycles. The van der Waals surface area contributed by atoms with Crippen molar-refractivity contribution >= 4 is 28.8 Å². The first kappa shape index (κ1) is 24.5. The van der Waals surface area contributed by atoms with Crippen LogP contribution in [-0.2, 0) is 15.8 Å². The van der Waals surface area contributed by atoms with Gasteiger partial charge < -0.3 is 9.84 Å². The molecular weight excluding hydrogens is 481 g/mol. The predicted octanol–water partition coefficient (Wildman–Crippen LogP) is 5.25. The number of amides is 1. The average Bonchev–Trinajstić information content (AvgIpc) is 3.13. The first-order chi connectivity index (χ1) is 17.0. The number of rotatable bonds is 5. The van der Waals surface area contributed by atoms with E-state index in [1.807, 2.05) is 0 Å². The first-order valence-electron chi connectivity index (χ1n) is 10.4. The number of carbonyl (C=O) groups is 2. The summed E-state index contributed by atoms with van der Waals surface area (Å²) < 4.78 is 45.2. The number of aliphatic hydroxyl groups is 1. The number of anilines is 1. The first-order valence-corrected chi connectivity index (χ1v) is 10.4. The molecule has 1 atom stereocenters. The zero-order valence-electron chi connectivity index (χ0n) is 18.5. The lowest BCUT2D eigenvalue weighted by Crippen LogP contribution is -2.29. The second-order valence-electron chi connectivity index (χ2n) is 7.79. The summed E-state index contributed by atoms with van der Waals surface area (Å²) in [6, 6.07) is 13.4. The highest BCUT2D eigenvalue weighted by Gasteiger charge is 2.47. The zero-order valence-corrected chi connectivity index (χ0v) is 18.5. The maximum Gasteiger partial charge on any atom is 0.416 e. The van der Waals surface area contributed by atoms with Crippen molar-refractivity contribution < 1.29 is 37.5 Å². The fourth-order valence-corrected chi connectivity index (χ4v) is 3.93. The molecule has 8 nitrogen and oxygen atoms in total. The topological polar surface area (TPSA) is 110 Å². The second-order valence-corrected chi connectivity index (χ2v) is 7.79. The van der Waals surface area contributed by atoms with Crippen LogP contribution in [0, 0.1) is 10.1 Å². The Labute approximate surface area is 202 Å². The number of aliphatic hydroxyl groups excluding tert-OH is 1. The van der Waals surface area contributed by atoms with E-state index in [2.05, 4.69) is 0 Å². The zero-order chi connectivity index (χ0) is 26.2. The molecule has 0 aliphatic carbocycles. The van der Waals surface area contributed by atoms with Crippen LogP contribution < -0.4 is 9.64 Å². The number of nitrogens with zero attached hydrogens (tertiary/aromatic N) is 2. The van der Waals surface area contributed by atoms with Gasteiger partial charge in [0.25, 0.3) is 17.4 Å². The minimum absolute atomic E-state index is 0.0150. The van der Waals surface area contributed by atoms with E-state index in [1.165, 1.54) is 49.6 Å². The van der Waals surface area contributed by atoms with E-state index >= 15 is 0 Å². The normalized spacial score (nSPS) is 17.3. The smallest absolute Gasteiger partial charge is 0.416 e. The number of Topliss-reactive ketones (excluding diaryl/α,β-unsaturated/α-hetero) is 1. The molecule has 1 saturated heterocycles. The van der Waals surface area contributed by atoms with Gasteiger partial charge in [0.15, 0.2) is 0 Å². The second kappa shape index (κ2) is 9.17. The van der Waals surface area contributed by atoms with Gasteiger partial charge >= 0.3 is 6.18 Å². The van der Waals surface area contributed by atoms with E-state index in [4.69, 9.17) is 4.74 Å².